The standard InChI is InChI=1S/C15H14N6/c16-15(17)18-12-8-6-11(7-9-12)14-10-21(20-19-14)13-4-2-1-3-5-13/h1-10H,(H4,16,17,18). The van der Waals surface area contributed by atoms with Crippen LogP contribution in [-0.2, 0) is 0 Å². The molecule has 6 nitrogen and oxygen atoms in total. The van der Waals surface area contributed by atoms with Gasteiger partial charge in [0.25, 0.3) is 0 Å². The minimum atomic E-state index is 0.0396. The fraction of sp³-hybridized carbons (Fsp3) is 0. The van der Waals surface area contributed by atoms with Crippen molar-refractivity contribution in [2.45, 2.75) is 0 Å². The van der Waals surface area contributed by atoms with Crippen LogP contribution in [0.25, 0.3) is 16.9 Å². The molecule has 2 aromatic carbocycles. The predicted molar refractivity (Wildman–Crippen MR) is 82.3 cm³/mol. The summed E-state index contributed by atoms with van der Waals surface area (Å²) in [6.07, 6.45) is 1.88. The first-order valence-electron chi connectivity index (χ1n) is 6.40. The Hall–Kier alpha value is -3.15. The summed E-state index contributed by atoms with van der Waals surface area (Å²) in [5, 5.41) is 8.31. The van der Waals surface area contributed by atoms with Gasteiger partial charge in [0.1, 0.15) is 5.69 Å². The average molecular weight is 278 g/mol. The van der Waals surface area contributed by atoms with Crippen molar-refractivity contribution in [1.82, 2.24) is 15.0 Å². The van der Waals surface area contributed by atoms with Crippen LogP contribution in [-0.4, -0.2) is 21.0 Å². The van der Waals surface area contributed by atoms with E-state index in [0.717, 1.165) is 16.9 Å². The smallest absolute Gasteiger partial charge is 0.191 e. The highest BCUT2D eigenvalue weighted by atomic mass is 15.4. The maximum atomic E-state index is 5.34. The predicted octanol–water partition coefficient (Wildman–Crippen LogP) is 1.84. The molecule has 0 bridgehead atoms. The van der Waals surface area contributed by atoms with Crippen molar-refractivity contribution in [3.63, 3.8) is 0 Å². The molecule has 0 amide bonds. The molecule has 21 heavy (non-hydrogen) atoms. The second kappa shape index (κ2) is 5.46. The topological polar surface area (TPSA) is 95.1 Å². The number of para-hydroxylation sites is 1. The van der Waals surface area contributed by atoms with Gasteiger partial charge in [-0.25, -0.2) is 9.67 Å². The van der Waals surface area contributed by atoms with Gasteiger partial charge in [-0.3, -0.25) is 0 Å². The monoisotopic (exact) mass is 278 g/mol. The number of nitrogens with two attached hydrogens (primary N) is 2. The van der Waals surface area contributed by atoms with Gasteiger partial charge in [-0.1, -0.05) is 35.5 Å². The normalized spacial score (nSPS) is 10.3. The van der Waals surface area contributed by atoms with Crippen molar-refractivity contribution >= 4 is 11.6 Å². The maximum Gasteiger partial charge on any atom is 0.191 e. The Morgan fingerprint density at radius 2 is 1.67 bits per heavy atom. The lowest BCUT2D eigenvalue weighted by Crippen LogP contribution is -2.21. The molecule has 3 rings (SSSR count). The zero-order chi connectivity index (χ0) is 14.7. The molecule has 0 aliphatic carbocycles. The summed E-state index contributed by atoms with van der Waals surface area (Å²) in [6.45, 7) is 0. The molecule has 6 heteroatoms. The average Bonchev–Trinajstić information content (AvgIpc) is 2.98. The van der Waals surface area contributed by atoms with Gasteiger partial charge in [-0.2, -0.15) is 0 Å². The molecular weight excluding hydrogens is 264 g/mol. The van der Waals surface area contributed by atoms with Crippen molar-refractivity contribution in [3.8, 4) is 16.9 Å². The Kier molecular flexibility index (Phi) is 3.34. The van der Waals surface area contributed by atoms with Crippen LogP contribution >= 0.6 is 0 Å². The Bertz CT molecular complexity index is 754. The van der Waals surface area contributed by atoms with Crippen LogP contribution in [0.4, 0.5) is 5.69 Å². The lowest BCUT2D eigenvalue weighted by Gasteiger charge is -1.99. The van der Waals surface area contributed by atoms with Gasteiger partial charge >= 0.3 is 0 Å². The van der Waals surface area contributed by atoms with E-state index in [2.05, 4.69) is 15.3 Å². The molecule has 1 aromatic heterocycles. The number of guanidine groups is 1. The molecule has 0 fully saturated rings. The maximum absolute atomic E-state index is 5.34. The quantitative estimate of drug-likeness (QED) is 0.564. The largest absolute Gasteiger partial charge is 0.370 e. The molecule has 3 aromatic rings. The second-order valence-corrected chi connectivity index (χ2v) is 4.47. The van der Waals surface area contributed by atoms with E-state index < -0.39 is 0 Å². The first-order valence-corrected chi connectivity index (χ1v) is 6.40. The van der Waals surface area contributed by atoms with Gasteiger partial charge in [0.2, 0.25) is 0 Å². The van der Waals surface area contributed by atoms with Gasteiger partial charge in [0.05, 0.1) is 17.6 Å². The van der Waals surface area contributed by atoms with E-state index in [4.69, 9.17) is 11.5 Å². The zero-order valence-corrected chi connectivity index (χ0v) is 11.2. The summed E-state index contributed by atoms with van der Waals surface area (Å²) in [7, 11) is 0. The Morgan fingerprint density at radius 3 is 2.33 bits per heavy atom. The molecule has 0 aliphatic heterocycles. The zero-order valence-electron chi connectivity index (χ0n) is 11.2. The minimum Gasteiger partial charge on any atom is -0.370 e. The van der Waals surface area contributed by atoms with Gasteiger partial charge < -0.3 is 11.5 Å². The molecule has 0 atom stereocenters. The molecule has 0 aliphatic rings. The van der Waals surface area contributed by atoms with Crippen molar-refractivity contribution in [2.24, 2.45) is 16.5 Å². The molecular formula is C15H14N6. The van der Waals surface area contributed by atoms with Crippen LogP contribution in [0.1, 0.15) is 0 Å². The van der Waals surface area contributed by atoms with Crippen molar-refractivity contribution in [1.29, 1.82) is 0 Å². The summed E-state index contributed by atoms with van der Waals surface area (Å²) in [4.78, 5) is 3.98. The fourth-order valence-corrected chi connectivity index (χ4v) is 1.96. The molecule has 0 radical (unpaired) electrons. The summed E-state index contributed by atoms with van der Waals surface area (Å²) < 4.78 is 1.74. The molecule has 0 unspecified atom stereocenters. The van der Waals surface area contributed by atoms with Crippen LogP contribution in [0, 0.1) is 0 Å². The van der Waals surface area contributed by atoms with Crippen molar-refractivity contribution in [3.05, 3.63) is 60.8 Å². The third-order valence-electron chi connectivity index (χ3n) is 2.94. The second-order valence-electron chi connectivity index (χ2n) is 4.47. The van der Waals surface area contributed by atoms with E-state index in [9.17, 15) is 0 Å². The van der Waals surface area contributed by atoms with E-state index in [1.54, 1.807) is 4.68 Å². The molecule has 4 N–H and O–H groups in total. The number of benzene rings is 2. The number of hydrogen-bond acceptors (Lipinski definition) is 3. The summed E-state index contributed by atoms with van der Waals surface area (Å²) in [5.74, 6) is 0.0396. The van der Waals surface area contributed by atoms with E-state index >= 15 is 0 Å². The van der Waals surface area contributed by atoms with Crippen molar-refractivity contribution < 1.29 is 0 Å². The fourth-order valence-electron chi connectivity index (χ4n) is 1.96. The number of rotatable bonds is 3. The first-order chi connectivity index (χ1) is 10.2. The van der Waals surface area contributed by atoms with Crippen LogP contribution in [0.2, 0.25) is 0 Å². The van der Waals surface area contributed by atoms with E-state index in [0.29, 0.717) is 5.69 Å². The summed E-state index contributed by atoms with van der Waals surface area (Å²) >= 11 is 0. The van der Waals surface area contributed by atoms with Crippen LogP contribution in [0.3, 0.4) is 0 Å². The van der Waals surface area contributed by atoms with Crippen molar-refractivity contribution in [2.75, 3.05) is 0 Å². The highest BCUT2D eigenvalue weighted by Crippen LogP contribution is 2.21. The lowest BCUT2D eigenvalue weighted by atomic mass is 10.1. The minimum absolute atomic E-state index is 0.0396. The van der Waals surface area contributed by atoms with Gasteiger partial charge in [-0.05, 0) is 24.3 Å². The van der Waals surface area contributed by atoms with E-state index in [1.165, 1.54) is 0 Å². The van der Waals surface area contributed by atoms with Gasteiger partial charge in [0, 0.05) is 5.56 Å². The lowest BCUT2D eigenvalue weighted by molar-refractivity contribution is 0.804. The molecule has 1 heterocycles. The molecule has 0 spiro atoms. The molecule has 0 saturated heterocycles. The van der Waals surface area contributed by atoms with E-state index in [-0.39, 0.29) is 5.96 Å². The summed E-state index contributed by atoms with van der Waals surface area (Å²) in [6, 6.07) is 17.3. The van der Waals surface area contributed by atoms with E-state index in [1.807, 2.05) is 60.8 Å². The Balaban J connectivity index is 1.88. The van der Waals surface area contributed by atoms with Gasteiger partial charge in [0.15, 0.2) is 5.96 Å². The van der Waals surface area contributed by atoms with Crippen LogP contribution < -0.4 is 11.5 Å². The third-order valence-corrected chi connectivity index (χ3v) is 2.94. The number of aromatic nitrogens is 3. The van der Waals surface area contributed by atoms with Crippen LogP contribution in [0.5, 0.6) is 0 Å². The highest BCUT2D eigenvalue weighted by molar-refractivity contribution is 5.79. The highest BCUT2D eigenvalue weighted by Gasteiger charge is 2.05. The third kappa shape index (κ3) is 2.89. The van der Waals surface area contributed by atoms with Crippen LogP contribution in [0.15, 0.2) is 65.8 Å². The molecule has 0 saturated carbocycles. The Morgan fingerprint density at radius 1 is 0.952 bits per heavy atom. The molecule has 104 valence electrons. The first kappa shape index (κ1) is 12.9. The number of nitrogens with zero attached hydrogens (tertiary/aromatic N) is 4. The Labute approximate surface area is 121 Å². The number of hydrogen-bond donors (Lipinski definition) is 2. The SMILES string of the molecule is NC(N)=Nc1ccc(-c2cn(-c3ccccc3)nn2)cc1. The number of aliphatic imine (C=N–C) groups is 1. The summed E-state index contributed by atoms with van der Waals surface area (Å²) in [5.41, 5.74) is 14.1. The van der Waals surface area contributed by atoms with Gasteiger partial charge in [-0.15, -0.1) is 5.10 Å².